The van der Waals surface area contributed by atoms with Gasteiger partial charge in [-0.2, -0.15) is 0 Å². The molecule has 0 aromatic heterocycles. The molecule has 1 saturated carbocycles. The van der Waals surface area contributed by atoms with Crippen molar-refractivity contribution in [2.75, 3.05) is 46.1 Å². The van der Waals surface area contributed by atoms with Gasteiger partial charge in [0.15, 0.2) is 0 Å². The van der Waals surface area contributed by atoms with Crippen molar-refractivity contribution in [1.29, 1.82) is 0 Å². The fourth-order valence-electron chi connectivity index (χ4n) is 2.16. The molecule has 1 aliphatic rings. The molecule has 0 aromatic carbocycles. The standard InChI is InChI=1S/C14H29NO4/c1-2-17-9-10-18-12-13(16)11-15-7-8-19-14-5-3-4-6-14/h13-16H,2-12H2,1H3. The molecule has 114 valence electrons. The second-order valence-corrected chi connectivity index (χ2v) is 4.91. The molecule has 0 bridgehead atoms. The molecule has 0 heterocycles. The summed E-state index contributed by atoms with van der Waals surface area (Å²) in [4.78, 5) is 0. The van der Waals surface area contributed by atoms with Crippen molar-refractivity contribution in [2.45, 2.75) is 44.8 Å². The highest BCUT2D eigenvalue weighted by Crippen LogP contribution is 2.20. The first-order chi connectivity index (χ1) is 9.33. The van der Waals surface area contributed by atoms with E-state index < -0.39 is 6.10 Å². The smallest absolute Gasteiger partial charge is 0.0897 e. The molecule has 5 nitrogen and oxygen atoms in total. The Labute approximate surface area is 116 Å². The summed E-state index contributed by atoms with van der Waals surface area (Å²) in [6, 6.07) is 0. The summed E-state index contributed by atoms with van der Waals surface area (Å²) in [6.07, 6.45) is 5.01. The molecule has 0 amide bonds. The lowest BCUT2D eigenvalue weighted by Crippen LogP contribution is -2.33. The Bertz CT molecular complexity index is 198. The van der Waals surface area contributed by atoms with Crippen molar-refractivity contribution >= 4 is 0 Å². The SMILES string of the molecule is CCOCCOCC(O)CNCCOC1CCCC1. The summed E-state index contributed by atoms with van der Waals surface area (Å²) in [5, 5.41) is 12.8. The minimum Gasteiger partial charge on any atom is -0.389 e. The summed E-state index contributed by atoms with van der Waals surface area (Å²) in [5.74, 6) is 0. The Morgan fingerprint density at radius 2 is 1.89 bits per heavy atom. The predicted molar refractivity (Wildman–Crippen MR) is 74.4 cm³/mol. The van der Waals surface area contributed by atoms with E-state index >= 15 is 0 Å². The van der Waals surface area contributed by atoms with Crippen LogP contribution in [0.5, 0.6) is 0 Å². The molecule has 1 rings (SSSR count). The average molecular weight is 275 g/mol. The van der Waals surface area contributed by atoms with Crippen LogP contribution in [0.3, 0.4) is 0 Å². The molecular weight excluding hydrogens is 246 g/mol. The van der Waals surface area contributed by atoms with Crippen molar-refractivity contribution in [3.8, 4) is 0 Å². The highest BCUT2D eigenvalue weighted by Gasteiger charge is 2.14. The molecule has 0 radical (unpaired) electrons. The van der Waals surface area contributed by atoms with Gasteiger partial charge in [-0.05, 0) is 19.8 Å². The lowest BCUT2D eigenvalue weighted by atomic mass is 10.3. The molecular formula is C14H29NO4. The minimum atomic E-state index is -0.465. The second-order valence-electron chi connectivity index (χ2n) is 4.91. The molecule has 19 heavy (non-hydrogen) atoms. The predicted octanol–water partition coefficient (Wildman–Crippen LogP) is 0.949. The molecule has 1 fully saturated rings. The first kappa shape index (κ1) is 16.9. The van der Waals surface area contributed by atoms with Gasteiger partial charge in [-0.25, -0.2) is 0 Å². The molecule has 1 aliphatic carbocycles. The largest absolute Gasteiger partial charge is 0.389 e. The molecule has 0 saturated heterocycles. The third-order valence-corrected chi connectivity index (χ3v) is 3.20. The van der Waals surface area contributed by atoms with Crippen LogP contribution in [-0.2, 0) is 14.2 Å². The van der Waals surface area contributed by atoms with Gasteiger partial charge in [-0.1, -0.05) is 12.8 Å². The third kappa shape index (κ3) is 9.35. The monoisotopic (exact) mass is 275 g/mol. The van der Waals surface area contributed by atoms with Gasteiger partial charge in [-0.15, -0.1) is 0 Å². The van der Waals surface area contributed by atoms with Gasteiger partial charge in [0.2, 0.25) is 0 Å². The van der Waals surface area contributed by atoms with E-state index in [1.807, 2.05) is 6.92 Å². The fraction of sp³-hybridized carbons (Fsp3) is 1.00. The van der Waals surface area contributed by atoms with Crippen LogP contribution >= 0.6 is 0 Å². The number of hydrogen-bond acceptors (Lipinski definition) is 5. The summed E-state index contributed by atoms with van der Waals surface area (Å²) < 4.78 is 16.1. The zero-order valence-corrected chi connectivity index (χ0v) is 12.1. The van der Waals surface area contributed by atoms with Crippen molar-refractivity contribution in [3.63, 3.8) is 0 Å². The first-order valence-corrected chi connectivity index (χ1v) is 7.48. The molecule has 1 atom stereocenters. The number of aliphatic hydroxyl groups excluding tert-OH is 1. The van der Waals surface area contributed by atoms with E-state index in [9.17, 15) is 5.11 Å². The van der Waals surface area contributed by atoms with Crippen LogP contribution < -0.4 is 5.32 Å². The van der Waals surface area contributed by atoms with Gasteiger partial charge in [0, 0.05) is 19.7 Å². The number of aliphatic hydroxyl groups is 1. The molecule has 2 N–H and O–H groups in total. The summed E-state index contributed by atoms with van der Waals surface area (Å²) in [5.41, 5.74) is 0. The Morgan fingerprint density at radius 3 is 2.63 bits per heavy atom. The van der Waals surface area contributed by atoms with E-state index in [-0.39, 0.29) is 0 Å². The van der Waals surface area contributed by atoms with E-state index in [0.717, 1.165) is 13.2 Å². The van der Waals surface area contributed by atoms with E-state index in [1.165, 1.54) is 25.7 Å². The summed E-state index contributed by atoms with van der Waals surface area (Å²) in [7, 11) is 0. The number of rotatable bonds is 12. The van der Waals surface area contributed by atoms with Crippen molar-refractivity contribution < 1.29 is 19.3 Å². The van der Waals surface area contributed by atoms with E-state index in [1.54, 1.807) is 0 Å². The van der Waals surface area contributed by atoms with Gasteiger partial charge in [0.25, 0.3) is 0 Å². The maximum absolute atomic E-state index is 9.65. The van der Waals surface area contributed by atoms with Crippen LogP contribution in [0.4, 0.5) is 0 Å². The maximum Gasteiger partial charge on any atom is 0.0897 e. The van der Waals surface area contributed by atoms with Crippen molar-refractivity contribution in [3.05, 3.63) is 0 Å². The van der Waals surface area contributed by atoms with Gasteiger partial charge < -0.3 is 24.6 Å². The van der Waals surface area contributed by atoms with Crippen LogP contribution in [0.2, 0.25) is 0 Å². The third-order valence-electron chi connectivity index (χ3n) is 3.20. The molecule has 5 heteroatoms. The van der Waals surface area contributed by atoms with Crippen molar-refractivity contribution in [1.82, 2.24) is 5.32 Å². The van der Waals surface area contributed by atoms with Gasteiger partial charge >= 0.3 is 0 Å². The normalized spacial score (nSPS) is 18.0. The van der Waals surface area contributed by atoms with Gasteiger partial charge in [-0.3, -0.25) is 0 Å². The fourth-order valence-corrected chi connectivity index (χ4v) is 2.16. The Hall–Kier alpha value is -0.200. The lowest BCUT2D eigenvalue weighted by molar-refractivity contribution is 0.00517. The van der Waals surface area contributed by atoms with Gasteiger partial charge in [0.1, 0.15) is 0 Å². The van der Waals surface area contributed by atoms with Crippen LogP contribution in [0.1, 0.15) is 32.6 Å². The lowest BCUT2D eigenvalue weighted by Gasteiger charge is -2.14. The quantitative estimate of drug-likeness (QED) is 0.519. The first-order valence-electron chi connectivity index (χ1n) is 7.48. The molecule has 0 aliphatic heterocycles. The topological polar surface area (TPSA) is 60.0 Å². The molecule has 0 spiro atoms. The Balaban J connectivity index is 1.80. The summed E-state index contributed by atoms with van der Waals surface area (Å²) >= 11 is 0. The second kappa shape index (κ2) is 11.6. The van der Waals surface area contributed by atoms with Crippen LogP contribution in [0, 0.1) is 0 Å². The number of nitrogens with one attached hydrogen (secondary N) is 1. The Kier molecular flexibility index (Phi) is 10.3. The molecule has 1 unspecified atom stereocenters. The number of hydrogen-bond donors (Lipinski definition) is 2. The highest BCUT2D eigenvalue weighted by atomic mass is 16.5. The molecule has 0 aromatic rings. The van der Waals surface area contributed by atoms with Crippen LogP contribution in [0.25, 0.3) is 0 Å². The van der Waals surface area contributed by atoms with Gasteiger partial charge in [0.05, 0.1) is 38.6 Å². The van der Waals surface area contributed by atoms with E-state index in [4.69, 9.17) is 14.2 Å². The average Bonchev–Trinajstić information content (AvgIpc) is 2.91. The van der Waals surface area contributed by atoms with Crippen LogP contribution in [-0.4, -0.2) is 63.4 Å². The zero-order valence-electron chi connectivity index (χ0n) is 12.1. The minimum absolute atomic E-state index is 0.351. The van der Waals surface area contributed by atoms with Crippen LogP contribution in [0.15, 0.2) is 0 Å². The Morgan fingerprint density at radius 1 is 1.16 bits per heavy atom. The van der Waals surface area contributed by atoms with E-state index in [0.29, 0.717) is 39.1 Å². The highest BCUT2D eigenvalue weighted by molar-refractivity contribution is 4.67. The van der Waals surface area contributed by atoms with E-state index in [2.05, 4.69) is 5.32 Å². The van der Waals surface area contributed by atoms with Crippen molar-refractivity contribution in [2.24, 2.45) is 0 Å². The zero-order chi connectivity index (χ0) is 13.8. The number of ether oxygens (including phenoxy) is 3. The maximum atomic E-state index is 9.65. The summed E-state index contributed by atoms with van der Waals surface area (Å²) in [6.45, 7) is 6.18.